The number of nitrogens with one attached hydrogen (secondary N) is 1. The Morgan fingerprint density at radius 2 is 2.35 bits per heavy atom. The molecule has 3 heterocycles. The van der Waals surface area contributed by atoms with Crippen molar-refractivity contribution in [2.24, 2.45) is 5.92 Å². The SMILES string of the molecule is CC1([N+](=O)[O-])C(=O)NC2(O)CC1C1COC2O1. The largest absolute Gasteiger partial charge is 0.366 e. The highest BCUT2D eigenvalue weighted by Gasteiger charge is 2.69. The zero-order valence-electron chi connectivity index (χ0n) is 9.08. The summed E-state index contributed by atoms with van der Waals surface area (Å²) in [4.78, 5) is 22.4. The van der Waals surface area contributed by atoms with Gasteiger partial charge in [0.25, 0.3) is 5.91 Å². The van der Waals surface area contributed by atoms with Crippen molar-refractivity contribution in [2.45, 2.75) is 37.0 Å². The number of aliphatic hydroxyl groups is 1. The Balaban J connectivity index is 2.07. The molecule has 3 saturated heterocycles. The van der Waals surface area contributed by atoms with E-state index in [2.05, 4.69) is 5.32 Å². The van der Waals surface area contributed by atoms with Gasteiger partial charge >= 0.3 is 5.54 Å². The highest BCUT2D eigenvalue weighted by molar-refractivity contribution is 5.86. The summed E-state index contributed by atoms with van der Waals surface area (Å²) < 4.78 is 10.6. The minimum Gasteiger partial charge on any atom is -0.366 e. The number of hydrogen-bond acceptors (Lipinski definition) is 6. The van der Waals surface area contributed by atoms with Gasteiger partial charge in [-0.05, 0) is 0 Å². The normalized spacial score (nSPS) is 52.1. The van der Waals surface area contributed by atoms with Crippen LogP contribution in [0.3, 0.4) is 0 Å². The van der Waals surface area contributed by atoms with Gasteiger partial charge in [-0.2, -0.15) is 0 Å². The number of nitro groups is 1. The van der Waals surface area contributed by atoms with E-state index < -0.39 is 40.4 Å². The van der Waals surface area contributed by atoms with E-state index in [9.17, 15) is 20.0 Å². The van der Waals surface area contributed by atoms with Gasteiger partial charge in [-0.25, -0.2) is 0 Å². The fraction of sp³-hybridized carbons (Fsp3) is 0.889. The summed E-state index contributed by atoms with van der Waals surface area (Å²) in [5.74, 6) is -1.47. The predicted octanol–water partition coefficient (Wildman–Crippen LogP) is -1.40. The van der Waals surface area contributed by atoms with E-state index in [0.717, 1.165) is 0 Å². The number of piperidine rings is 1. The summed E-state index contributed by atoms with van der Waals surface area (Å²) in [7, 11) is 0. The molecule has 0 aliphatic carbocycles. The van der Waals surface area contributed by atoms with Gasteiger partial charge in [0.05, 0.1) is 18.6 Å². The van der Waals surface area contributed by atoms with Gasteiger partial charge in [-0.15, -0.1) is 0 Å². The first-order chi connectivity index (χ1) is 7.88. The fourth-order valence-electron chi connectivity index (χ4n) is 2.82. The molecule has 8 nitrogen and oxygen atoms in total. The monoisotopic (exact) mass is 244 g/mol. The maximum absolute atomic E-state index is 11.9. The molecule has 0 aromatic rings. The number of amides is 1. The van der Waals surface area contributed by atoms with E-state index in [1.54, 1.807) is 0 Å². The summed E-state index contributed by atoms with van der Waals surface area (Å²) in [6.45, 7) is 1.42. The smallest absolute Gasteiger partial charge is 0.301 e. The van der Waals surface area contributed by atoms with Crippen LogP contribution in [0.15, 0.2) is 0 Å². The lowest BCUT2D eigenvalue weighted by molar-refractivity contribution is -0.567. The molecular weight excluding hydrogens is 232 g/mol. The Labute approximate surface area is 96.0 Å². The summed E-state index contributed by atoms with van der Waals surface area (Å²) in [6, 6.07) is 0. The summed E-state index contributed by atoms with van der Waals surface area (Å²) in [5.41, 5.74) is -3.43. The van der Waals surface area contributed by atoms with E-state index in [4.69, 9.17) is 9.47 Å². The third-order valence-electron chi connectivity index (χ3n) is 3.97. The standard InChI is InChI=1S/C9H12N2O6/c1-8(11(14)15)4-2-9(13,10-6(8)12)7-16-3-5(4)17-7/h4-5,7,13H,2-3H2,1H3,(H,10,12). The van der Waals surface area contributed by atoms with Gasteiger partial charge in [0, 0.05) is 18.3 Å². The van der Waals surface area contributed by atoms with Crippen LogP contribution in [-0.4, -0.2) is 46.2 Å². The van der Waals surface area contributed by atoms with Crippen LogP contribution in [0.5, 0.6) is 0 Å². The first-order valence-corrected chi connectivity index (χ1v) is 5.34. The van der Waals surface area contributed by atoms with Gasteiger partial charge < -0.3 is 19.9 Å². The average Bonchev–Trinajstić information content (AvgIpc) is 2.68. The van der Waals surface area contributed by atoms with Crippen LogP contribution >= 0.6 is 0 Å². The first-order valence-electron chi connectivity index (χ1n) is 5.34. The van der Waals surface area contributed by atoms with Gasteiger partial charge in [-0.1, -0.05) is 0 Å². The molecule has 3 aliphatic heterocycles. The van der Waals surface area contributed by atoms with E-state index in [1.807, 2.05) is 0 Å². The number of nitrogens with zero attached hydrogens (tertiary/aromatic N) is 1. The highest BCUT2D eigenvalue weighted by atomic mass is 16.7. The molecule has 8 heteroatoms. The number of carbonyl (C=O) groups is 1. The fourth-order valence-corrected chi connectivity index (χ4v) is 2.82. The third-order valence-corrected chi connectivity index (χ3v) is 3.97. The van der Waals surface area contributed by atoms with Crippen molar-refractivity contribution < 1.29 is 24.3 Å². The third kappa shape index (κ3) is 1.15. The van der Waals surface area contributed by atoms with Crippen molar-refractivity contribution in [3.05, 3.63) is 10.1 Å². The Kier molecular flexibility index (Phi) is 1.89. The van der Waals surface area contributed by atoms with Crippen molar-refractivity contribution in [1.82, 2.24) is 5.32 Å². The number of ether oxygens (including phenoxy) is 2. The Hall–Kier alpha value is -1.25. The van der Waals surface area contributed by atoms with Crippen molar-refractivity contribution in [1.29, 1.82) is 0 Å². The minimum absolute atomic E-state index is 0.0750. The lowest BCUT2D eigenvalue weighted by atomic mass is 9.72. The molecule has 3 aliphatic rings. The lowest BCUT2D eigenvalue weighted by Crippen LogP contribution is -2.74. The quantitative estimate of drug-likeness (QED) is 0.433. The molecule has 0 radical (unpaired) electrons. The Morgan fingerprint density at radius 3 is 3.00 bits per heavy atom. The molecule has 2 N–H and O–H groups in total. The van der Waals surface area contributed by atoms with Crippen molar-refractivity contribution in [2.75, 3.05) is 6.61 Å². The molecule has 0 saturated carbocycles. The van der Waals surface area contributed by atoms with Crippen LogP contribution in [0, 0.1) is 16.0 Å². The molecule has 5 atom stereocenters. The van der Waals surface area contributed by atoms with Gasteiger partial charge in [0.1, 0.15) is 0 Å². The number of hydrogen-bond donors (Lipinski definition) is 2. The maximum Gasteiger partial charge on any atom is 0.301 e. The van der Waals surface area contributed by atoms with Crippen molar-refractivity contribution >= 4 is 5.91 Å². The molecule has 94 valence electrons. The second kappa shape index (κ2) is 2.95. The van der Waals surface area contributed by atoms with Crippen LogP contribution in [-0.2, 0) is 14.3 Å². The van der Waals surface area contributed by atoms with E-state index in [-0.39, 0.29) is 13.0 Å². The second-order valence-electron chi connectivity index (χ2n) is 4.93. The van der Waals surface area contributed by atoms with Crippen molar-refractivity contribution in [3.63, 3.8) is 0 Å². The zero-order valence-corrected chi connectivity index (χ0v) is 9.08. The molecule has 1 amide bonds. The van der Waals surface area contributed by atoms with E-state index in [0.29, 0.717) is 0 Å². The first kappa shape index (κ1) is 10.9. The number of rotatable bonds is 1. The molecule has 3 fully saturated rings. The summed E-state index contributed by atoms with van der Waals surface area (Å²) >= 11 is 0. The number of carbonyl (C=O) groups excluding carboxylic acids is 1. The molecule has 0 aromatic heterocycles. The molecule has 17 heavy (non-hydrogen) atoms. The maximum atomic E-state index is 11.9. The topological polar surface area (TPSA) is 111 Å². The molecule has 3 rings (SSSR count). The van der Waals surface area contributed by atoms with E-state index in [1.165, 1.54) is 6.92 Å². The van der Waals surface area contributed by atoms with Crippen LogP contribution in [0.25, 0.3) is 0 Å². The summed E-state index contributed by atoms with van der Waals surface area (Å²) in [6.07, 6.45) is -1.36. The molecule has 5 unspecified atom stereocenters. The van der Waals surface area contributed by atoms with E-state index >= 15 is 0 Å². The number of fused-ring (bicyclic) bond motifs is 6. The Bertz CT molecular complexity index is 414. The van der Waals surface area contributed by atoms with Crippen molar-refractivity contribution in [3.8, 4) is 0 Å². The average molecular weight is 244 g/mol. The van der Waals surface area contributed by atoms with Gasteiger partial charge in [0.15, 0.2) is 5.72 Å². The summed E-state index contributed by atoms with van der Waals surface area (Å²) in [5, 5.41) is 23.5. The molecular formula is C9H12N2O6. The Morgan fingerprint density at radius 1 is 1.65 bits per heavy atom. The van der Waals surface area contributed by atoms with Crippen LogP contribution in [0.1, 0.15) is 13.3 Å². The molecule has 0 aromatic carbocycles. The van der Waals surface area contributed by atoms with Gasteiger partial charge in [0.2, 0.25) is 6.29 Å². The molecule has 4 bridgehead atoms. The minimum atomic E-state index is -1.78. The lowest BCUT2D eigenvalue weighted by Gasteiger charge is -2.47. The highest BCUT2D eigenvalue weighted by Crippen LogP contribution is 2.46. The zero-order chi connectivity index (χ0) is 12.4. The molecule has 0 spiro atoms. The van der Waals surface area contributed by atoms with Crippen LogP contribution in [0.4, 0.5) is 0 Å². The van der Waals surface area contributed by atoms with Crippen LogP contribution < -0.4 is 5.32 Å². The van der Waals surface area contributed by atoms with Gasteiger partial charge in [-0.3, -0.25) is 14.9 Å². The predicted molar refractivity (Wildman–Crippen MR) is 51.2 cm³/mol. The second-order valence-corrected chi connectivity index (χ2v) is 4.93. The van der Waals surface area contributed by atoms with Crippen LogP contribution in [0.2, 0.25) is 0 Å².